The number of rotatable bonds is 8. The molecule has 1 rings (SSSR count). The Morgan fingerprint density at radius 1 is 1.11 bits per heavy atom. The Morgan fingerprint density at radius 3 is 2.42 bits per heavy atom. The maximum atomic E-state index is 12.7. The Morgan fingerprint density at radius 2 is 1.79 bits per heavy atom. The molecule has 4 heteroatoms. The second kappa shape index (κ2) is 8.40. The zero-order valence-corrected chi connectivity index (χ0v) is 11.2. The lowest BCUT2D eigenvalue weighted by atomic mass is 10.1. The van der Waals surface area contributed by atoms with E-state index in [2.05, 4.69) is 12.2 Å². The van der Waals surface area contributed by atoms with Gasteiger partial charge in [0.15, 0.2) is 5.78 Å². The average Bonchev–Trinajstić information content (AvgIpc) is 2.42. The molecule has 1 N–H and O–H groups in total. The molecule has 104 valence electrons. The zero-order chi connectivity index (χ0) is 14.1. The van der Waals surface area contributed by atoms with Crippen molar-refractivity contribution in [2.75, 3.05) is 6.54 Å². The molecule has 0 aliphatic carbocycles. The Hall–Kier alpha value is -1.71. The summed E-state index contributed by atoms with van der Waals surface area (Å²) in [7, 11) is 0. The number of unbranched alkanes of at least 4 members (excludes halogenated alkanes) is 2. The number of hydrogen-bond acceptors (Lipinski definition) is 2. The van der Waals surface area contributed by atoms with Crippen molar-refractivity contribution in [2.24, 2.45) is 0 Å². The van der Waals surface area contributed by atoms with Gasteiger partial charge < -0.3 is 5.32 Å². The third kappa shape index (κ3) is 6.13. The molecule has 0 aromatic heterocycles. The fraction of sp³-hybridized carbons (Fsp3) is 0.467. The Bertz CT molecular complexity index is 415. The summed E-state index contributed by atoms with van der Waals surface area (Å²) in [5.41, 5.74) is 0.445. The van der Waals surface area contributed by atoms with Crippen LogP contribution in [-0.4, -0.2) is 18.2 Å². The molecule has 0 heterocycles. The lowest BCUT2D eigenvalue weighted by Crippen LogP contribution is -2.24. The van der Waals surface area contributed by atoms with Crippen LogP contribution in [0.2, 0.25) is 0 Å². The molecule has 0 radical (unpaired) electrons. The fourth-order valence-electron chi connectivity index (χ4n) is 1.70. The lowest BCUT2D eigenvalue weighted by molar-refractivity contribution is -0.121. The van der Waals surface area contributed by atoms with E-state index in [0.29, 0.717) is 12.1 Å². The van der Waals surface area contributed by atoms with Crippen LogP contribution in [0.25, 0.3) is 0 Å². The van der Waals surface area contributed by atoms with E-state index in [4.69, 9.17) is 0 Å². The van der Waals surface area contributed by atoms with Gasteiger partial charge in [0.25, 0.3) is 0 Å². The number of hydrogen-bond donors (Lipinski definition) is 1. The molecule has 0 bridgehead atoms. The number of halogens is 1. The maximum absolute atomic E-state index is 12.7. The number of nitrogens with one attached hydrogen (secondary N) is 1. The van der Waals surface area contributed by atoms with Gasteiger partial charge in [0.1, 0.15) is 5.82 Å². The number of carbonyl (C=O) groups excluding carboxylic acids is 2. The smallest absolute Gasteiger partial charge is 0.220 e. The van der Waals surface area contributed by atoms with Crippen LogP contribution in [0.1, 0.15) is 49.4 Å². The van der Waals surface area contributed by atoms with Crippen LogP contribution in [0.5, 0.6) is 0 Å². The Balaban J connectivity index is 2.26. The van der Waals surface area contributed by atoms with E-state index in [1.807, 2.05) is 0 Å². The largest absolute Gasteiger partial charge is 0.356 e. The van der Waals surface area contributed by atoms with Gasteiger partial charge in [-0.3, -0.25) is 9.59 Å². The summed E-state index contributed by atoms with van der Waals surface area (Å²) < 4.78 is 12.7. The lowest BCUT2D eigenvalue weighted by Gasteiger charge is -2.04. The second-order valence-electron chi connectivity index (χ2n) is 4.49. The molecule has 0 aliphatic rings. The molecule has 0 atom stereocenters. The Kier molecular flexibility index (Phi) is 6.79. The minimum atomic E-state index is -0.370. The molecule has 19 heavy (non-hydrogen) atoms. The number of carbonyl (C=O) groups is 2. The number of Topliss-reactive ketones (excluding diaryl/α,β-unsaturated/α-hetero) is 1. The zero-order valence-electron chi connectivity index (χ0n) is 11.2. The van der Waals surface area contributed by atoms with Crippen LogP contribution in [0.4, 0.5) is 4.39 Å². The van der Waals surface area contributed by atoms with E-state index < -0.39 is 0 Å². The van der Waals surface area contributed by atoms with E-state index >= 15 is 0 Å². The van der Waals surface area contributed by atoms with Gasteiger partial charge in [-0.15, -0.1) is 0 Å². The highest BCUT2D eigenvalue weighted by Gasteiger charge is 2.09. The molecule has 0 aliphatic heterocycles. The first-order chi connectivity index (χ1) is 9.13. The molecule has 3 nitrogen and oxygen atoms in total. The molecule has 0 saturated heterocycles. The normalized spacial score (nSPS) is 10.2. The van der Waals surface area contributed by atoms with Crippen molar-refractivity contribution >= 4 is 11.7 Å². The molecule has 0 unspecified atom stereocenters. The minimum Gasteiger partial charge on any atom is -0.356 e. The standard InChI is InChI=1S/C15H20FNO2/c1-2-3-4-11-17-15(19)10-9-14(18)12-5-7-13(16)8-6-12/h5-8H,2-4,9-11H2,1H3,(H,17,19). The number of ketones is 1. The van der Waals surface area contributed by atoms with E-state index in [1.54, 1.807) is 0 Å². The first-order valence-electron chi connectivity index (χ1n) is 6.69. The van der Waals surface area contributed by atoms with Gasteiger partial charge in [-0.1, -0.05) is 19.8 Å². The molecule has 0 spiro atoms. The minimum absolute atomic E-state index is 0.105. The molecular weight excluding hydrogens is 245 g/mol. The highest BCUT2D eigenvalue weighted by Crippen LogP contribution is 2.07. The summed E-state index contributed by atoms with van der Waals surface area (Å²) in [4.78, 5) is 23.2. The van der Waals surface area contributed by atoms with Crippen LogP contribution in [-0.2, 0) is 4.79 Å². The highest BCUT2D eigenvalue weighted by atomic mass is 19.1. The van der Waals surface area contributed by atoms with Gasteiger partial charge in [0, 0.05) is 24.9 Å². The number of benzene rings is 1. The number of amides is 1. The quantitative estimate of drug-likeness (QED) is 0.580. The molecule has 1 aromatic carbocycles. The van der Waals surface area contributed by atoms with Gasteiger partial charge in [0.05, 0.1) is 0 Å². The summed E-state index contributed by atoms with van der Waals surface area (Å²) >= 11 is 0. The Labute approximate surface area is 113 Å². The van der Waals surface area contributed by atoms with Gasteiger partial charge in [-0.05, 0) is 30.7 Å². The van der Waals surface area contributed by atoms with Crippen LogP contribution in [0, 0.1) is 5.82 Å². The molecular formula is C15H20FNO2. The molecule has 1 amide bonds. The van der Waals surface area contributed by atoms with E-state index in [-0.39, 0.29) is 30.3 Å². The van der Waals surface area contributed by atoms with Crippen molar-refractivity contribution in [1.82, 2.24) is 5.32 Å². The van der Waals surface area contributed by atoms with Crippen molar-refractivity contribution < 1.29 is 14.0 Å². The van der Waals surface area contributed by atoms with Crippen molar-refractivity contribution in [1.29, 1.82) is 0 Å². The summed E-state index contributed by atoms with van der Waals surface area (Å²) in [6.45, 7) is 2.76. The maximum Gasteiger partial charge on any atom is 0.220 e. The van der Waals surface area contributed by atoms with Crippen LogP contribution in [0.15, 0.2) is 24.3 Å². The SMILES string of the molecule is CCCCCNC(=O)CCC(=O)c1ccc(F)cc1. The van der Waals surface area contributed by atoms with Gasteiger partial charge in [0.2, 0.25) is 5.91 Å². The summed E-state index contributed by atoms with van der Waals surface area (Å²) in [5, 5.41) is 2.78. The summed E-state index contributed by atoms with van der Waals surface area (Å²) in [6.07, 6.45) is 3.51. The average molecular weight is 265 g/mol. The van der Waals surface area contributed by atoms with Gasteiger partial charge >= 0.3 is 0 Å². The van der Waals surface area contributed by atoms with Gasteiger partial charge in [-0.2, -0.15) is 0 Å². The van der Waals surface area contributed by atoms with E-state index in [1.165, 1.54) is 24.3 Å². The van der Waals surface area contributed by atoms with Crippen molar-refractivity contribution in [2.45, 2.75) is 39.0 Å². The van der Waals surface area contributed by atoms with Crippen molar-refractivity contribution in [3.05, 3.63) is 35.6 Å². The summed E-state index contributed by atoms with van der Waals surface area (Å²) in [5.74, 6) is -0.611. The van der Waals surface area contributed by atoms with E-state index in [9.17, 15) is 14.0 Å². The second-order valence-corrected chi connectivity index (χ2v) is 4.49. The predicted octanol–water partition coefficient (Wildman–Crippen LogP) is 3.10. The van der Waals surface area contributed by atoms with Crippen LogP contribution < -0.4 is 5.32 Å². The molecule has 1 aromatic rings. The topological polar surface area (TPSA) is 46.2 Å². The fourth-order valence-corrected chi connectivity index (χ4v) is 1.70. The van der Waals surface area contributed by atoms with Crippen LogP contribution in [0.3, 0.4) is 0 Å². The third-order valence-electron chi connectivity index (χ3n) is 2.85. The molecule has 0 fully saturated rings. The summed E-state index contributed by atoms with van der Waals surface area (Å²) in [6, 6.07) is 5.38. The van der Waals surface area contributed by atoms with Crippen molar-refractivity contribution in [3.8, 4) is 0 Å². The van der Waals surface area contributed by atoms with Gasteiger partial charge in [-0.25, -0.2) is 4.39 Å². The van der Waals surface area contributed by atoms with Crippen LogP contribution >= 0.6 is 0 Å². The third-order valence-corrected chi connectivity index (χ3v) is 2.85. The first kappa shape index (κ1) is 15.3. The predicted molar refractivity (Wildman–Crippen MR) is 72.5 cm³/mol. The first-order valence-corrected chi connectivity index (χ1v) is 6.69. The molecule has 0 saturated carbocycles. The highest BCUT2D eigenvalue weighted by molar-refractivity contribution is 5.97. The van der Waals surface area contributed by atoms with Crippen molar-refractivity contribution in [3.63, 3.8) is 0 Å². The van der Waals surface area contributed by atoms with E-state index in [0.717, 1.165) is 19.3 Å². The monoisotopic (exact) mass is 265 g/mol.